The third-order valence-corrected chi connectivity index (χ3v) is 5.30. The molecule has 0 N–H and O–H groups in total. The van der Waals surface area contributed by atoms with Crippen molar-refractivity contribution in [2.75, 3.05) is 0 Å². The van der Waals surface area contributed by atoms with Gasteiger partial charge in [0.25, 0.3) is 0 Å². The van der Waals surface area contributed by atoms with Gasteiger partial charge in [0.15, 0.2) is 6.29 Å². The molecule has 0 radical (unpaired) electrons. The van der Waals surface area contributed by atoms with E-state index in [4.69, 9.17) is 17.4 Å². The molecule has 1 heterocycles. The SMILES string of the molecule is O=CC1=C(Cc2ccccc2)C(S)(c2ccccc2)Oc2ccccc21. The lowest BCUT2D eigenvalue weighted by atomic mass is 9.86. The largest absolute Gasteiger partial charge is 0.468 e. The Balaban J connectivity index is 1.94. The maximum absolute atomic E-state index is 12.1. The van der Waals surface area contributed by atoms with E-state index in [-0.39, 0.29) is 0 Å². The third-order valence-electron chi connectivity index (χ3n) is 4.68. The van der Waals surface area contributed by atoms with Crippen molar-refractivity contribution in [3.8, 4) is 5.75 Å². The van der Waals surface area contributed by atoms with Crippen molar-refractivity contribution in [3.63, 3.8) is 0 Å². The highest BCUT2D eigenvalue weighted by molar-refractivity contribution is 7.81. The van der Waals surface area contributed by atoms with E-state index in [0.29, 0.717) is 17.7 Å². The normalized spacial score (nSPS) is 18.8. The van der Waals surface area contributed by atoms with Gasteiger partial charge in [0, 0.05) is 22.3 Å². The predicted octanol–water partition coefficient (Wildman–Crippen LogP) is 5.06. The van der Waals surface area contributed by atoms with E-state index in [1.165, 1.54) is 0 Å². The zero-order valence-corrected chi connectivity index (χ0v) is 15.0. The number of rotatable bonds is 4. The fraction of sp³-hybridized carbons (Fsp3) is 0.0870. The molecule has 3 aromatic carbocycles. The summed E-state index contributed by atoms with van der Waals surface area (Å²) in [6, 6.07) is 27.5. The minimum Gasteiger partial charge on any atom is -0.468 e. The Bertz CT molecular complexity index is 964. The summed E-state index contributed by atoms with van der Waals surface area (Å²) < 4.78 is 6.37. The zero-order chi connectivity index (χ0) is 18.0. The lowest BCUT2D eigenvalue weighted by Gasteiger charge is -2.38. The molecule has 4 rings (SSSR count). The van der Waals surface area contributed by atoms with Crippen molar-refractivity contribution in [2.24, 2.45) is 0 Å². The Kier molecular flexibility index (Phi) is 4.39. The molecule has 1 unspecified atom stereocenters. The highest BCUT2D eigenvalue weighted by Crippen LogP contribution is 2.48. The molecule has 0 spiro atoms. The van der Waals surface area contributed by atoms with E-state index >= 15 is 0 Å². The van der Waals surface area contributed by atoms with Crippen molar-refractivity contribution >= 4 is 24.5 Å². The number of hydrogen-bond donors (Lipinski definition) is 1. The maximum atomic E-state index is 12.1. The molecule has 0 saturated heterocycles. The quantitative estimate of drug-likeness (QED) is 0.521. The molecule has 0 fully saturated rings. The smallest absolute Gasteiger partial charge is 0.200 e. The van der Waals surface area contributed by atoms with Gasteiger partial charge in [0.05, 0.1) is 0 Å². The Hall–Kier alpha value is -2.78. The van der Waals surface area contributed by atoms with Gasteiger partial charge >= 0.3 is 0 Å². The molecule has 128 valence electrons. The van der Waals surface area contributed by atoms with Crippen LogP contribution in [0.4, 0.5) is 0 Å². The number of fused-ring (bicyclic) bond motifs is 1. The summed E-state index contributed by atoms with van der Waals surface area (Å²) in [6.07, 6.45) is 1.51. The molecular weight excluding hydrogens is 340 g/mol. The number of aldehydes is 1. The van der Waals surface area contributed by atoms with Gasteiger partial charge in [-0.2, -0.15) is 0 Å². The summed E-state index contributed by atoms with van der Waals surface area (Å²) in [5.41, 5.74) is 4.33. The summed E-state index contributed by atoms with van der Waals surface area (Å²) >= 11 is 4.96. The van der Waals surface area contributed by atoms with Gasteiger partial charge in [-0.1, -0.05) is 78.9 Å². The van der Waals surface area contributed by atoms with Crippen molar-refractivity contribution in [1.82, 2.24) is 0 Å². The molecule has 1 atom stereocenters. The number of thiol groups is 1. The number of ether oxygens (including phenoxy) is 1. The van der Waals surface area contributed by atoms with Crippen LogP contribution >= 0.6 is 12.6 Å². The van der Waals surface area contributed by atoms with E-state index in [1.54, 1.807) is 0 Å². The monoisotopic (exact) mass is 358 g/mol. The van der Waals surface area contributed by atoms with Crippen LogP contribution in [-0.2, 0) is 16.1 Å². The van der Waals surface area contributed by atoms with Crippen LogP contribution in [0, 0.1) is 0 Å². The van der Waals surface area contributed by atoms with Gasteiger partial charge < -0.3 is 4.74 Å². The molecule has 0 aliphatic carbocycles. The number of para-hydroxylation sites is 1. The molecule has 0 amide bonds. The minimum absolute atomic E-state index is 0.585. The number of carbonyl (C=O) groups is 1. The van der Waals surface area contributed by atoms with E-state index in [2.05, 4.69) is 12.1 Å². The summed E-state index contributed by atoms with van der Waals surface area (Å²) in [5, 5.41) is 0. The average Bonchev–Trinajstić information content (AvgIpc) is 2.70. The Morgan fingerprint density at radius 2 is 1.46 bits per heavy atom. The Morgan fingerprint density at radius 3 is 2.15 bits per heavy atom. The summed E-state index contributed by atoms with van der Waals surface area (Å²) in [6.45, 7) is 0. The standard InChI is InChI=1S/C23H18O2S/c24-16-20-19-13-7-8-14-22(19)25-23(26,18-11-5-2-6-12-18)21(20)15-17-9-3-1-4-10-17/h1-14,16,26H,15H2. The van der Waals surface area contributed by atoms with Crippen LogP contribution < -0.4 is 4.74 Å². The van der Waals surface area contributed by atoms with Crippen molar-refractivity contribution in [3.05, 3.63) is 107 Å². The van der Waals surface area contributed by atoms with Crippen molar-refractivity contribution in [1.29, 1.82) is 0 Å². The number of hydrogen-bond acceptors (Lipinski definition) is 3. The second-order valence-corrected chi connectivity index (χ2v) is 6.91. The Morgan fingerprint density at radius 1 is 0.846 bits per heavy atom. The molecule has 0 aromatic heterocycles. The van der Waals surface area contributed by atoms with Gasteiger partial charge in [0.1, 0.15) is 5.75 Å². The van der Waals surface area contributed by atoms with Crippen LogP contribution in [0.3, 0.4) is 0 Å². The molecule has 1 aliphatic heterocycles. The van der Waals surface area contributed by atoms with E-state index in [1.807, 2.05) is 72.8 Å². The van der Waals surface area contributed by atoms with Gasteiger partial charge in [-0.05, 0) is 18.1 Å². The Labute approximate surface area is 158 Å². The molecule has 3 aromatic rings. The highest BCUT2D eigenvalue weighted by Gasteiger charge is 2.41. The first-order chi connectivity index (χ1) is 12.7. The molecule has 1 aliphatic rings. The summed E-state index contributed by atoms with van der Waals surface area (Å²) in [7, 11) is 0. The lowest BCUT2D eigenvalue weighted by molar-refractivity contribution is -0.103. The van der Waals surface area contributed by atoms with Crippen LogP contribution in [-0.4, -0.2) is 6.29 Å². The molecular formula is C23H18O2S. The van der Waals surface area contributed by atoms with Crippen LogP contribution in [0.2, 0.25) is 0 Å². The van der Waals surface area contributed by atoms with Crippen LogP contribution in [0.15, 0.2) is 90.5 Å². The zero-order valence-electron chi connectivity index (χ0n) is 14.1. The molecule has 0 bridgehead atoms. The highest BCUT2D eigenvalue weighted by atomic mass is 32.1. The molecule has 2 nitrogen and oxygen atoms in total. The van der Waals surface area contributed by atoms with Gasteiger partial charge in [-0.3, -0.25) is 4.79 Å². The fourth-order valence-corrected chi connectivity index (χ4v) is 3.84. The first-order valence-electron chi connectivity index (χ1n) is 8.51. The van der Waals surface area contributed by atoms with Crippen molar-refractivity contribution < 1.29 is 9.53 Å². The second-order valence-electron chi connectivity index (χ2n) is 6.28. The molecule has 26 heavy (non-hydrogen) atoms. The third kappa shape index (κ3) is 2.85. The second kappa shape index (κ2) is 6.85. The number of carbonyl (C=O) groups excluding carboxylic acids is 1. The maximum Gasteiger partial charge on any atom is 0.200 e. The lowest BCUT2D eigenvalue weighted by Crippen LogP contribution is -2.34. The van der Waals surface area contributed by atoms with Crippen LogP contribution in [0.5, 0.6) is 5.75 Å². The first kappa shape index (κ1) is 16.7. The average molecular weight is 358 g/mol. The van der Waals surface area contributed by atoms with E-state index in [0.717, 1.165) is 28.5 Å². The summed E-state index contributed by atoms with van der Waals surface area (Å²) in [4.78, 5) is 11.1. The van der Waals surface area contributed by atoms with E-state index in [9.17, 15) is 4.79 Å². The number of benzene rings is 3. The number of allylic oxidation sites excluding steroid dienone is 1. The fourth-order valence-electron chi connectivity index (χ4n) is 3.39. The van der Waals surface area contributed by atoms with Crippen molar-refractivity contribution in [2.45, 2.75) is 11.4 Å². The summed E-state index contributed by atoms with van der Waals surface area (Å²) in [5.74, 6) is 0.672. The molecule has 0 saturated carbocycles. The predicted molar refractivity (Wildman–Crippen MR) is 107 cm³/mol. The topological polar surface area (TPSA) is 26.3 Å². The molecule has 3 heteroatoms. The van der Waals surface area contributed by atoms with Crippen LogP contribution in [0.25, 0.3) is 5.57 Å². The van der Waals surface area contributed by atoms with Crippen LogP contribution in [0.1, 0.15) is 16.7 Å². The van der Waals surface area contributed by atoms with Gasteiger partial charge in [-0.15, -0.1) is 12.6 Å². The first-order valence-corrected chi connectivity index (χ1v) is 8.96. The van der Waals surface area contributed by atoms with Gasteiger partial charge in [-0.25, -0.2) is 0 Å². The van der Waals surface area contributed by atoms with E-state index < -0.39 is 4.93 Å². The van der Waals surface area contributed by atoms with Gasteiger partial charge in [0.2, 0.25) is 4.93 Å². The minimum atomic E-state index is -0.998.